The lowest BCUT2D eigenvalue weighted by Gasteiger charge is -2.34. The minimum Gasteiger partial charge on any atom is -0.497 e. The van der Waals surface area contributed by atoms with Crippen LogP contribution in [0.4, 0.5) is 11.8 Å². The third-order valence-corrected chi connectivity index (χ3v) is 6.61. The minimum absolute atomic E-state index is 0.0394. The number of carbonyl (C=O) groups is 1. The van der Waals surface area contributed by atoms with E-state index in [0.29, 0.717) is 49.8 Å². The maximum atomic E-state index is 13.4. The van der Waals surface area contributed by atoms with Crippen molar-refractivity contribution in [2.75, 3.05) is 70.0 Å². The molecule has 3 aliphatic heterocycles. The maximum absolute atomic E-state index is 13.4. The van der Waals surface area contributed by atoms with E-state index in [1.54, 1.807) is 32.4 Å². The summed E-state index contributed by atoms with van der Waals surface area (Å²) in [5, 5.41) is 0. The Kier molecular flexibility index (Phi) is 6.22. The van der Waals surface area contributed by atoms with E-state index in [1.807, 2.05) is 4.90 Å². The van der Waals surface area contributed by atoms with Crippen LogP contribution in [0.3, 0.4) is 0 Å². The van der Waals surface area contributed by atoms with Crippen LogP contribution in [0.15, 0.2) is 18.2 Å². The highest BCUT2D eigenvalue weighted by molar-refractivity contribution is 5.95. The van der Waals surface area contributed by atoms with Crippen LogP contribution < -0.4 is 19.3 Å². The van der Waals surface area contributed by atoms with Gasteiger partial charge in [-0.15, -0.1) is 0 Å². The van der Waals surface area contributed by atoms with Gasteiger partial charge in [0.2, 0.25) is 5.95 Å². The molecule has 2 saturated heterocycles. The standard InChI is InChI=1S/C24H31N5O4/c1-31-18-13-17(14-19(15-18)32-2)23(30)29-8-5-21-20(16-29)22(27-6-3-4-7-27)26-24(25-21)28-9-11-33-12-10-28/h13-15H,3-12,16H2,1-2H3. The molecule has 0 bridgehead atoms. The molecular weight excluding hydrogens is 422 g/mol. The van der Waals surface area contributed by atoms with Crippen molar-refractivity contribution in [2.24, 2.45) is 0 Å². The van der Waals surface area contributed by atoms with Crippen molar-refractivity contribution in [3.63, 3.8) is 0 Å². The molecule has 3 aliphatic rings. The molecule has 9 nitrogen and oxygen atoms in total. The summed E-state index contributed by atoms with van der Waals surface area (Å²) in [6.07, 6.45) is 3.04. The molecule has 1 amide bonds. The average molecular weight is 454 g/mol. The van der Waals surface area contributed by atoms with Crippen molar-refractivity contribution < 1.29 is 19.0 Å². The first-order valence-corrected chi connectivity index (χ1v) is 11.7. The number of anilines is 2. The molecule has 0 unspecified atom stereocenters. The number of hydrogen-bond donors (Lipinski definition) is 0. The molecule has 2 aromatic rings. The molecule has 0 saturated carbocycles. The Morgan fingerprint density at radius 3 is 2.27 bits per heavy atom. The number of benzene rings is 1. The molecule has 33 heavy (non-hydrogen) atoms. The number of ether oxygens (including phenoxy) is 3. The maximum Gasteiger partial charge on any atom is 0.254 e. The second-order valence-corrected chi connectivity index (χ2v) is 8.64. The largest absolute Gasteiger partial charge is 0.497 e. The van der Waals surface area contributed by atoms with E-state index in [4.69, 9.17) is 24.2 Å². The quantitative estimate of drug-likeness (QED) is 0.681. The van der Waals surface area contributed by atoms with E-state index in [1.165, 1.54) is 0 Å². The highest BCUT2D eigenvalue weighted by Gasteiger charge is 2.30. The van der Waals surface area contributed by atoms with Crippen molar-refractivity contribution in [3.05, 3.63) is 35.0 Å². The van der Waals surface area contributed by atoms with Crippen LogP contribution in [0, 0.1) is 0 Å². The van der Waals surface area contributed by atoms with E-state index in [-0.39, 0.29) is 5.91 Å². The Balaban J connectivity index is 1.46. The Morgan fingerprint density at radius 2 is 1.61 bits per heavy atom. The van der Waals surface area contributed by atoms with Gasteiger partial charge in [0.1, 0.15) is 17.3 Å². The van der Waals surface area contributed by atoms with Crippen LogP contribution in [-0.4, -0.2) is 80.9 Å². The molecule has 5 rings (SSSR count). The smallest absolute Gasteiger partial charge is 0.254 e. The summed E-state index contributed by atoms with van der Waals surface area (Å²) in [5.41, 5.74) is 2.69. The summed E-state index contributed by atoms with van der Waals surface area (Å²) in [7, 11) is 3.18. The Bertz CT molecular complexity index is 996. The zero-order valence-corrected chi connectivity index (χ0v) is 19.4. The van der Waals surface area contributed by atoms with Gasteiger partial charge in [0.05, 0.1) is 39.7 Å². The van der Waals surface area contributed by atoms with Gasteiger partial charge in [-0.3, -0.25) is 4.79 Å². The molecular formula is C24H31N5O4. The van der Waals surface area contributed by atoms with Gasteiger partial charge in [0.25, 0.3) is 5.91 Å². The normalized spacial score (nSPS) is 18.3. The summed E-state index contributed by atoms with van der Waals surface area (Å²) in [6.45, 7) is 6.12. The second-order valence-electron chi connectivity index (χ2n) is 8.64. The topological polar surface area (TPSA) is 80.3 Å². The van der Waals surface area contributed by atoms with E-state index >= 15 is 0 Å². The van der Waals surface area contributed by atoms with Gasteiger partial charge in [-0.25, -0.2) is 4.98 Å². The minimum atomic E-state index is -0.0394. The van der Waals surface area contributed by atoms with Crippen LogP contribution in [-0.2, 0) is 17.7 Å². The number of hydrogen-bond acceptors (Lipinski definition) is 8. The SMILES string of the molecule is COc1cc(OC)cc(C(=O)N2CCc3nc(N4CCOCC4)nc(N4CCCC4)c3C2)c1. The zero-order chi connectivity index (χ0) is 22.8. The van der Waals surface area contributed by atoms with Crippen molar-refractivity contribution >= 4 is 17.7 Å². The zero-order valence-electron chi connectivity index (χ0n) is 19.4. The third-order valence-electron chi connectivity index (χ3n) is 6.61. The number of morpholine rings is 1. The highest BCUT2D eigenvalue weighted by atomic mass is 16.5. The summed E-state index contributed by atoms with van der Waals surface area (Å²) in [4.78, 5) is 29.8. The summed E-state index contributed by atoms with van der Waals surface area (Å²) in [5.74, 6) is 2.94. The van der Waals surface area contributed by atoms with Crippen LogP contribution in [0.25, 0.3) is 0 Å². The van der Waals surface area contributed by atoms with Gasteiger partial charge >= 0.3 is 0 Å². The average Bonchev–Trinajstić information content (AvgIpc) is 3.42. The van der Waals surface area contributed by atoms with Gasteiger partial charge in [-0.2, -0.15) is 4.98 Å². The lowest BCUT2D eigenvalue weighted by Crippen LogP contribution is -2.40. The molecule has 0 spiro atoms. The fourth-order valence-electron chi connectivity index (χ4n) is 4.77. The van der Waals surface area contributed by atoms with Gasteiger partial charge in [-0.05, 0) is 25.0 Å². The van der Waals surface area contributed by atoms with Gasteiger partial charge in [0.15, 0.2) is 0 Å². The molecule has 9 heteroatoms. The Morgan fingerprint density at radius 1 is 0.909 bits per heavy atom. The van der Waals surface area contributed by atoms with Crippen molar-refractivity contribution in [1.82, 2.24) is 14.9 Å². The number of aromatic nitrogens is 2. The predicted molar refractivity (Wildman–Crippen MR) is 125 cm³/mol. The van der Waals surface area contributed by atoms with E-state index < -0.39 is 0 Å². The number of amides is 1. The van der Waals surface area contributed by atoms with Gasteiger partial charge < -0.3 is 28.9 Å². The first-order chi connectivity index (χ1) is 16.2. The van der Waals surface area contributed by atoms with E-state index in [0.717, 1.165) is 62.0 Å². The number of nitrogens with zero attached hydrogens (tertiary/aromatic N) is 5. The first kappa shape index (κ1) is 21.8. The summed E-state index contributed by atoms with van der Waals surface area (Å²) in [6, 6.07) is 5.30. The highest BCUT2D eigenvalue weighted by Crippen LogP contribution is 2.32. The summed E-state index contributed by atoms with van der Waals surface area (Å²) >= 11 is 0. The Hall–Kier alpha value is -3.07. The van der Waals surface area contributed by atoms with Crippen molar-refractivity contribution in [1.29, 1.82) is 0 Å². The molecule has 4 heterocycles. The van der Waals surface area contributed by atoms with Crippen LogP contribution in [0.1, 0.15) is 34.5 Å². The molecule has 0 atom stereocenters. The van der Waals surface area contributed by atoms with Crippen molar-refractivity contribution in [3.8, 4) is 11.5 Å². The molecule has 0 radical (unpaired) electrons. The summed E-state index contributed by atoms with van der Waals surface area (Å²) < 4.78 is 16.2. The lowest BCUT2D eigenvalue weighted by atomic mass is 10.0. The molecule has 2 fully saturated rings. The molecule has 1 aromatic heterocycles. The second kappa shape index (κ2) is 9.43. The molecule has 0 N–H and O–H groups in total. The fourth-order valence-corrected chi connectivity index (χ4v) is 4.77. The van der Waals surface area contributed by atoms with Crippen molar-refractivity contribution in [2.45, 2.75) is 25.8 Å². The van der Waals surface area contributed by atoms with Gasteiger partial charge in [0, 0.05) is 56.3 Å². The molecule has 0 aliphatic carbocycles. The molecule has 1 aromatic carbocycles. The molecule has 176 valence electrons. The Labute approximate surface area is 194 Å². The van der Waals surface area contributed by atoms with E-state index in [9.17, 15) is 4.79 Å². The van der Waals surface area contributed by atoms with Crippen LogP contribution >= 0.6 is 0 Å². The lowest BCUT2D eigenvalue weighted by molar-refractivity contribution is 0.0732. The first-order valence-electron chi connectivity index (χ1n) is 11.7. The van der Waals surface area contributed by atoms with Gasteiger partial charge in [-0.1, -0.05) is 0 Å². The third kappa shape index (κ3) is 4.42. The van der Waals surface area contributed by atoms with Crippen LogP contribution in [0.2, 0.25) is 0 Å². The van der Waals surface area contributed by atoms with E-state index in [2.05, 4.69) is 9.80 Å². The predicted octanol–water partition coefficient (Wildman–Crippen LogP) is 2.13. The fraction of sp³-hybridized carbons (Fsp3) is 0.542. The van der Waals surface area contributed by atoms with Crippen LogP contribution in [0.5, 0.6) is 11.5 Å². The number of rotatable bonds is 5. The number of fused-ring (bicyclic) bond motifs is 1. The number of carbonyl (C=O) groups excluding carboxylic acids is 1. The number of methoxy groups -OCH3 is 2. The monoisotopic (exact) mass is 453 g/mol.